The molecule has 0 heterocycles. The van der Waals surface area contributed by atoms with Crippen molar-refractivity contribution in [1.82, 2.24) is 0 Å². The number of aldehydes is 1. The van der Waals surface area contributed by atoms with Gasteiger partial charge in [0.2, 0.25) is 0 Å². The van der Waals surface area contributed by atoms with Gasteiger partial charge in [0.25, 0.3) is 0 Å². The lowest BCUT2D eigenvalue weighted by Crippen LogP contribution is -2.11. The number of carbonyl (C=O) groups is 2. The predicted molar refractivity (Wildman–Crippen MR) is 103 cm³/mol. The number of rotatable bonds is 6. The van der Waals surface area contributed by atoms with E-state index in [1.54, 1.807) is 31.2 Å². The molecule has 3 rings (SSSR count). The number of anilines is 2. The van der Waals surface area contributed by atoms with Crippen molar-refractivity contribution in [3.8, 4) is 11.1 Å². The molecule has 1 atom stereocenters. The molecule has 1 unspecified atom stereocenters. The number of carboxylic acid groups (broad SMARTS) is 1. The highest BCUT2D eigenvalue weighted by Crippen LogP contribution is 2.37. The van der Waals surface area contributed by atoms with E-state index in [2.05, 4.69) is 5.32 Å². The molecule has 26 heavy (non-hydrogen) atoms. The average Bonchev–Trinajstić information content (AvgIpc) is 2.68. The van der Waals surface area contributed by atoms with Crippen molar-refractivity contribution in [1.29, 1.82) is 0 Å². The summed E-state index contributed by atoms with van der Waals surface area (Å²) >= 11 is 0. The molecule has 0 aliphatic heterocycles. The van der Waals surface area contributed by atoms with Crippen LogP contribution < -0.4 is 5.32 Å². The smallest absolute Gasteiger partial charge is 0.310 e. The van der Waals surface area contributed by atoms with Crippen molar-refractivity contribution in [2.75, 3.05) is 5.32 Å². The molecule has 4 heteroatoms. The Balaban J connectivity index is 2.19. The Hall–Kier alpha value is -3.40. The minimum Gasteiger partial charge on any atom is -0.481 e. The van der Waals surface area contributed by atoms with Crippen LogP contribution in [0.5, 0.6) is 0 Å². The summed E-state index contributed by atoms with van der Waals surface area (Å²) in [5, 5.41) is 12.8. The Morgan fingerprint density at radius 2 is 1.65 bits per heavy atom. The van der Waals surface area contributed by atoms with Crippen LogP contribution in [0.3, 0.4) is 0 Å². The zero-order chi connectivity index (χ0) is 18.5. The van der Waals surface area contributed by atoms with Crippen LogP contribution >= 0.6 is 0 Å². The second-order valence-electron chi connectivity index (χ2n) is 6.03. The first kappa shape index (κ1) is 17.4. The first-order valence-corrected chi connectivity index (χ1v) is 8.34. The van der Waals surface area contributed by atoms with E-state index in [0.29, 0.717) is 22.5 Å². The summed E-state index contributed by atoms with van der Waals surface area (Å²) in [6, 6.07) is 22.5. The summed E-state index contributed by atoms with van der Waals surface area (Å²) in [5.74, 6) is -1.59. The molecule has 0 aliphatic rings. The van der Waals surface area contributed by atoms with Crippen LogP contribution in [0, 0.1) is 0 Å². The van der Waals surface area contributed by atoms with E-state index in [-0.39, 0.29) is 0 Å². The normalized spacial score (nSPS) is 11.6. The summed E-state index contributed by atoms with van der Waals surface area (Å²) in [6.45, 7) is 1.66. The van der Waals surface area contributed by atoms with E-state index in [4.69, 9.17) is 0 Å². The molecule has 0 saturated carbocycles. The minimum absolute atomic E-state index is 0.518. The zero-order valence-electron chi connectivity index (χ0n) is 14.3. The molecule has 0 bridgehead atoms. The fourth-order valence-corrected chi connectivity index (χ4v) is 2.91. The van der Waals surface area contributed by atoms with Crippen molar-refractivity contribution >= 4 is 23.6 Å². The van der Waals surface area contributed by atoms with Crippen molar-refractivity contribution in [3.63, 3.8) is 0 Å². The van der Waals surface area contributed by atoms with Crippen molar-refractivity contribution in [2.45, 2.75) is 12.8 Å². The van der Waals surface area contributed by atoms with Gasteiger partial charge in [-0.3, -0.25) is 9.59 Å². The number of benzene rings is 3. The van der Waals surface area contributed by atoms with E-state index in [1.807, 2.05) is 48.5 Å². The predicted octanol–water partition coefficient (Wildman–Crippen LogP) is 5.10. The van der Waals surface area contributed by atoms with Gasteiger partial charge in [-0.2, -0.15) is 0 Å². The summed E-state index contributed by atoms with van der Waals surface area (Å²) in [5.41, 5.74) is 4.38. The topological polar surface area (TPSA) is 66.4 Å². The molecule has 3 aromatic carbocycles. The maximum atomic E-state index is 11.6. The van der Waals surface area contributed by atoms with Gasteiger partial charge in [-0.25, -0.2) is 0 Å². The Bertz CT molecular complexity index is 935. The number of carboxylic acids is 1. The molecule has 4 nitrogen and oxygen atoms in total. The molecule has 0 fully saturated rings. The van der Waals surface area contributed by atoms with E-state index in [1.165, 1.54) is 0 Å². The molecule has 0 radical (unpaired) electrons. The first-order valence-electron chi connectivity index (χ1n) is 8.34. The lowest BCUT2D eigenvalue weighted by Gasteiger charge is -2.20. The molecule has 0 aliphatic carbocycles. The van der Waals surface area contributed by atoms with Gasteiger partial charge in [-0.1, -0.05) is 60.7 Å². The number of carbonyl (C=O) groups excluding carboxylic acids is 1. The third-order valence-corrected chi connectivity index (χ3v) is 4.37. The molecule has 2 N–H and O–H groups in total. The maximum Gasteiger partial charge on any atom is 0.310 e. The van der Waals surface area contributed by atoms with E-state index >= 15 is 0 Å². The SMILES string of the molecule is CC(C(=O)O)c1cccc(-c2ccccc2)c1Nc1ccccc1C=O. The highest BCUT2D eigenvalue weighted by atomic mass is 16.4. The van der Waals surface area contributed by atoms with Crippen molar-refractivity contribution in [2.24, 2.45) is 0 Å². The number of hydrogen-bond donors (Lipinski definition) is 2. The molecule has 3 aromatic rings. The third-order valence-electron chi connectivity index (χ3n) is 4.37. The van der Waals surface area contributed by atoms with E-state index < -0.39 is 11.9 Å². The van der Waals surface area contributed by atoms with Crippen LogP contribution in [0.2, 0.25) is 0 Å². The molecule has 0 spiro atoms. The number of aliphatic carboxylic acids is 1. The Kier molecular flexibility index (Phi) is 5.13. The van der Waals surface area contributed by atoms with E-state index in [0.717, 1.165) is 17.4 Å². The zero-order valence-corrected chi connectivity index (χ0v) is 14.3. The van der Waals surface area contributed by atoms with Gasteiger partial charge in [0.1, 0.15) is 0 Å². The van der Waals surface area contributed by atoms with Crippen LogP contribution in [-0.4, -0.2) is 17.4 Å². The van der Waals surface area contributed by atoms with Gasteiger partial charge in [0.05, 0.1) is 11.6 Å². The highest BCUT2D eigenvalue weighted by Gasteiger charge is 2.20. The van der Waals surface area contributed by atoms with Gasteiger partial charge >= 0.3 is 5.97 Å². The lowest BCUT2D eigenvalue weighted by molar-refractivity contribution is -0.138. The summed E-state index contributed by atoms with van der Waals surface area (Å²) < 4.78 is 0. The van der Waals surface area contributed by atoms with Crippen LogP contribution in [0.4, 0.5) is 11.4 Å². The average molecular weight is 345 g/mol. The molecular formula is C22H19NO3. The van der Waals surface area contributed by atoms with Gasteiger partial charge in [-0.05, 0) is 30.2 Å². The lowest BCUT2D eigenvalue weighted by atomic mass is 9.93. The quantitative estimate of drug-likeness (QED) is 0.610. The van der Waals surface area contributed by atoms with E-state index in [9.17, 15) is 14.7 Å². The van der Waals surface area contributed by atoms with Crippen LogP contribution in [0.25, 0.3) is 11.1 Å². The Labute approximate surface area is 152 Å². The summed E-state index contributed by atoms with van der Waals surface area (Å²) in [4.78, 5) is 23.0. The molecule has 0 amide bonds. The van der Waals surface area contributed by atoms with Crippen LogP contribution in [0.15, 0.2) is 72.8 Å². The highest BCUT2D eigenvalue weighted by molar-refractivity contribution is 5.92. The number of para-hydroxylation sites is 2. The first-order chi connectivity index (χ1) is 12.6. The molecule has 0 aromatic heterocycles. The second kappa shape index (κ2) is 7.66. The molecular weight excluding hydrogens is 326 g/mol. The van der Waals surface area contributed by atoms with Gasteiger partial charge in [0, 0.05) is 16.8 Å². The monoisotopic (exact) mass is 345 g/mol. The van der Waals surface area contributed by atoms with Gasteiger partial charge < -0.3 is 10.4 Å². The van der Waals surface area contributed by atoms with Crippen LogP contribution in [0.1, 0.15) is 28.8 Å². The van der Waals surface area contributed by atoms with Crippen molar-refractivity contribution in [3.05, 3.63) is 83.9 Å². The fraction of sp³-hybridized carbons (Fsp3) is 0.0909. The van der Waals surface area contributed by atoms with Crippen LogP contribution in [-0.2, 0) is 4.79 Å². The second-order valence-corrected chi connectivity index (χ2v) is 6.03. The minimum atomic E-state index is -0.901. The maximum absolute atomic E-state index is 11.6. The number of nitrogens with one attached hydrogen (secondary N) is 1. The standard InChI is InChI=1S/C22H19NO3/c1-15(22(25)26)18-11-7-12-19(16-8-3-2-4-9-16)21(18)23-20-13-6-5-10-17(20)14-24/h2-15,23H,1H3,(H,25,26). The van der Waals surface area contributed by atoms with Crippen molar-refractivity contribution < 1.29 is 14.7 Å². The van der Waals surface area contributed by atoms with Gasteiger partial charge in [0.15, 0.2) is 6.29 Å². The largest absolute Gasteiger partial charge is 0.481 e. The third kappa shape index (κ3) is 3.49. The summed E-state index contributed by atoms with van der Waals surface area (Å²) in [6.07, 6.45) is 0.785. The Morgan fingerprint density at radius 1 is 0.962 bits per heavy atom. The summed E-state index contributed by atoms with van der Waals surface area (Å²) in [7, 11) is 0. The fourth-order valence-electron chi connectivity index (χ4n) is 2.91. The molecule has 130 valence electrons. The number of hydrogen-bond acceptors (Lipinski definition) is 3. The Morgan fingerprint density at radius 3 is 2.35 bits per heavy atom. The molecule has 0 saturated heterocycles. The van der Waals surface area contributed by atoms with Gasteiger partial charge in [-0.15, -0.1) is 0 Å².